The van der Waals surface area contributed by atoms with E-state index in [4.69, 9.17) is 9.84 Å². The number of benzene rings is 1. The van der Waals surface area contributed by atoms with Crippen LogP contribution >= 0.6 is 0 Å². The lowest BCUT2D eigenvalue weighted by Gasteiger charge is -2.09. The third-order valence-electron chi connectivity index (χ3n) is 3.07. The van der Waals surface area contributed by atoms with Crippen molar-refractivity contribution in [3.05, 3.63) is 48.0 Å². The van der Waals surface area contributed by atoms with E-state index < -0.39 is 11.9 Å². The van der Waals surface area contributed by atoms with Gasteiger partial charge in [0, 0.05) is 13.1 Å². The zero-order valence-corrected chi connectivity index (χ0v) is 12.0. The van der Waals surface area contributed by atoms with Crippen molar-refractivity contribution in [1.29, 1.82) is 0 Å². The van der Waals surface area contributed by atoms with E-state index in [-0.39, 0.29) is 0 Å². The van der Waals surface area contributed by atoms with Crippen molar-refractivity contribution in [2.45, 2.75) is 25.8 Å². The van der Waals surface area contributed by atoms with Crippen LogP contribution in [0.25, 0.3) is 0 Å². The monoisotopic (exact) mass is 277 g/mol. The first kappa shape index (κ1) is 16.4. The summed E-state index contributed by atoms with van der Waals surface area (Å²) in [7, 11) is 0. The third-order valence-corrected chi connectivity index (χ3v) is 3.07. The van der Waals surface area contributed by atoms with Crippen LogP contribution in [0.3, 0.4) is 0 Å². The van der Waals surface area contributed by atoms with Gasteiger partial charge in [-0.1, -0.05) is 30.3 Å². The molecule has 20 heavy (non-hydrogen) atoms. The number of carboxylic acids is 1. The summed E-state index contributed by atoms with van der Waals surface area (Å²) in [4.78, 5) is 10.9. The Morgan fingerprint density at radius 3 is 2.70 bits per heavy atom. The van der Waals surface area contributed by atoms with Gasteiger partial charge >= 0.3 is 5.97 Å². The van der Waals surface area contributed by atoms with Gasteiger partial charge in [0.1, 0.15) is 0 Å². The molecular formula is C16H23NO3. The van der Waals surface area contributed by atoms with Crippen molar-refractivity contribution in [1.82, 2.24) is 5.32 Å². The Hall–Kier alpha value is -1.65. The summed E-state index contributed by atoms with van der Waals surface area (Å²) in [6.45, 7) is 8.27. The molecule has 0 aliphatic rings. The minimum Gasteiger partial charge on any atom is -0.481 e. The Kier molecular flexibility index (Phi) is 7.62. The van der Waals surface area contributed by atoms with Gasteiger partial charge in [-0.05, 0) is 24.5 Å². The minimum atomic E-state index is -0.799. The maximum Gasteiger partial charge on any atom is 0.310 e. The highest BCUT2D eigenvalue weighted by molar-refractivity contribution is 5.75. The SMILES string of the molecule is C=CCCOCCNCc1ccc(C(C)C(=O)O)cc1. The van der Waals surface area contributed by atoms with Crippen LogP contribution in [-0.2, 0) is 16.1 Å². The smallest absolute Gasteiger partial charge is 0.310 e. The fourth-order valence-corrected chi connectivity index (χ4v) is 1.71. The van der Waals surface area contributed by atoms with Crippen LogP contribution in [0, 0.1) is 0 Å². The predicted octanol–water partition coefficient (Wildman–Crippen LogP) is 2.56. The summed E-state index contributed by atoms with van der Waals surface area (Å²) < 4.78 is 5.39. The topological polar surface area (TPSA) is 58.6 Å². The first-order valence-electron chi connectivity index (χ1n) is 6.86. The van der Waals surface area contributed by atoms with E-state index in [0.29, 0.717) is 13.2 Å². The molecule has 110 valence electrons. The Bertz CT molecular complexity index is 414. The standard InChI is InChI=1S/C16H23NO3/c1-3-4-10-20-11-9-17-12-14-5-7-15(8-6-14)13(2)16(18)19/h3,5-8,13,17H,1,4,9-12H2,2H3,(H,18,19). The molecule has 0 saturated carbocycles. The summed E-state index contributed by atoms with van der Waals surface area (Å²) >= 11 is 0. The number of carbonyl (C=O) groups is 1. The third kappa shape index (κ3) is 5.99. The highest BCUT2D eigenvalue weighted by atomic mass is 16.5. The predicted molar refractivity (Wildman–Crippen MR) is 79.8 cm³/mol. The maximum atomic E-state index is 10.9. The molecule has 0 aromatic heterocycles. The van der Waals surface area contributed by atoms with Gasteiger partial charge in [-0.2, -0.15) is 0 Å². The summed E-state index contributed by atoms with van der Waals surface area (Å²) in [5, 5.41) is 12.2. The molecule has 4 nitrogen and oxygen atoms in total. The van der Waals surface area contributed by atoms with Crippen molar-refractivity contribution in [3.8, 4) is 0 Å². The summed E-state index contributed by atoms with van der Waals surface area (Å²) in [6, 6.07) is 7.66. The molecule has 1 rings (SSSR count). The molecule has 1 aromatic carbocycles. The molecule has 0 radical (unpaired) electrons. The molecular weight excluding hydrogens is 254 g/mol. The second-order valence-electron chi connectivity index (χ2n) is 4.67. The van der Waals surface area contributed by atoms with Crippen LogP contribution < -0.4 is 5.32 Å². The molecule has 0 fully saturated rings. The molecule has 4 heteroatoms. The van der Waals surface area contributed by atoms with Gasteiger partial charge in [0.15, 0.2) is 0 Å². The number of hydrogen-bond donors (Lipinski definition) is 2. The molecule has 1 unspecified atom stereocenters. The Morgan fingerprint density at radius 2 is 2.10 bits per heavy atom. The number of ether oxygens (including phenoxy) is 1. The van der Waals surface area contributed by atoms with Crippen LogP contribution in [0.15, 0.2) is 36.9 Å². The van der Waals surface area contributed by atoms with Gasteiger partial charge in [0.25, 0.3) is 0 Å². The van der Waals surface area contributed by atoms with E-state index >= 15 is 0 Å². The number of rotatable bonds is 10. The first-order valence-corrected chi connectivity index (χ1v) is 6.86. The molecule has 1 aromatic rings. The van der Waals surface area contributed by atoms with Crippen molar-refractivity contribution in [2.75, 3.05) is 19.8 Å². The minimum absolute atomic E-state index is 0.463. The average molecular weight is 277 g/mol. The molecule has 1 atom stereocenters. The number of aliphatic carboxylic acids is 1. The molecule has 0 aliphatic heterocycles. The second kappa shape index (κ2) is 9.28. The quantitative estimate of drug-likeness (QED) is 0.510. The Balaban J connectivity index is 2.25. The van der Waals surface area contributed by atoms with Crippen LogP contribution in [0.4, 0.5) is 0 Å². The van der Waals surface area contributed by atoms with Crippen molar-refractivity contribution < 1.29 is 14.6 Å². The summed E-state index contributed by atoms with van der Waals surface area (Å²) in [5.41, 5.74) is 1.96. The molecule has 2 N–H and O–H groups in total. The first-order chi connectivity index (χ1) is 9.65. The van der Waals surface area contributed by atoms with Crippen LogP contribution in [-0.4, -0.2) is 30.8 Å². The molecule has 0 spiro atoms. The van der Waals surface area contributed by atoms with Crippen molar-refractivity contribution in [3.63, 3.8) is 0 Å². The van der Waals surface area contributed by atoms with E-state index in [0.717, 1.165) is 30.6 Å². The highest BCUT2D eigenvalue weighted by Crippen LogP contribution is 2.15. The summed E-state index contributed by atoms with van der Waals surface area (Å²) in [6.07, 6.45) is 2.72. The van der Waals surface area contributed by atoms with Gasteiger partial charge in [0.2, 0.25) is 0 Å². The normalized spacial score (nSPS) is 12.1. The number of hydrogen-bond acceptors (Lipinski definition) is 3. The average Bonchev–Trinajstić information content (AvgIpc) is 2.46. The largest absolute Gasteiger partial charge is 0.481 e. The summed E-state index contributed by atoms with van der Waals surface area (Å²) in [5.74, 6) is -1.26. The van der Waals surface area contributed by atoms with Gasteiger partial charge in [-0.3, -0.25) is 4.79 Å². The zero-order chi connectivity index (χ0) is 14.8. The molecule has 0 bridgehead atoms. The van der Waals surface area contributed by atoms with Crippen molar-refractivity contribution >= 4 is 5.97 Å². The number of nitrogens with one attached hydrogen (secondary N) is 1. The van der Waals surface area contributed by atoms with Gasteiger partial charge in [-0.25, -0.2) is 0 Å². The van der Waals surface area contributed by atoms with E-state index in [1.807, 2.05) is 30.3 Å². The fourth-order valence-electron chi connectivity index (χ4n) is 1.71. The van der Waals surface area contributed by atoms with Gasteiger partial charge in [0.05, 0.1) is 19.1 Å². The van der Waals surface area contributed by atoms with Gasteiger partial charge in [-0.15, -0.1) is 6.58 Å². The van der Waals surface area contributed by atoms with Gasteiger partial charge < -0.3 is 15.2 Å². The Morgan fingerprint density at radius 1 is 1.40 bits per heavy atom. The van der Waals surface area contributed by atoms with Crippen molar-refractivity contribution in [2.24, 2.45) is 0 Å². The number of carboxylic acid groups (broad SMARTS) is 1. The lowest BCUT2D eigenvalue weighted by molar-refractivity contribution is -0.138. The zero-order valence-electron chi connectivity index (χ0n) is 12.0. The molecule has 0 saturated heterocycles. The Labute approximate surface area is 120 Å². The van der Waals surface area contributed by atoms with E-state index in [2.05, 4.69) is 11.9 Å². The molecule has 0 heterocycles. The fraction of sp³-hybridized carbons (Fsp3) is 0.438. The lowest BCUT2D eigenvalue weighted by atomic mass is 10.0. The highest BCUT2D eigenvalue weighted by Gasteiger charge is 2.12. The van der Waals surface area contributed by atoms with Crippen LogP contribution in [0.1, 0.15) is 30.4 Å². The maximum absolute atomic E-state index is 10.9. The van der Waals surface area contributed by atoms with E-state index in [1.54, 1.807) is 6.92 Å². The second-order valence-corrected chi connectivity index (χ2v) is 4.67. The van der Waals surface area contributed by atoms with E-state index in [1.165, 1.54) is 0 Å². The lowest BCUT2D eigenvalue weighted by Crippen LogP contribution is -2.19. The van der Waals surface area contributed by atoms with Crippen LogP contribution in [0.2, 0.25) is 0 Å². The van der Waals surface area contributed by atoms with E-state index in [9.17, 15) is 4.79 Å². The molecule has 0 aliphatic carbocycles. The molecule has 0 amide bonds. The van der Waals surface area contributed by atoms with Crippen LogP contribution in [0.5, 0.6) is 0 Å².